The maximum absolute atomic E-state index is 5.73. The fraction of sp³-hybridized carbons (Fsp3) is 0.636. The van der Waals surface area contributed by atoms with E-state index in [4.69, 9.17) is 5.73 Å². The van der Waals surface area contributed by atoms with Gasteiger partial charge in [-0.3, -0.25) is 0 Å². The van der Waals surface area contributed by atoms with E-state index in [1.165, 1.54) is 12.8 Å². The highest BCUT2D eigenvalue weighted by Gasteiger charge is 2.22. The second kappa shape index (κ2) is 4.05. The first-order valence-electron chi connectivity index (χ1n) is 5.30. The summed E-state index contributed by atoms with van der Waals surface area (Å²) in [6.07, 6.45) is 6.44. The largest absolute Gasteiger partial charge is 0.328 e. The van der Waals surface area contributed by atoms with E-state index in [1.54, 1.807) is 0 Å². The van der Waals surface area contributed by atoms with Gasteiger partial charge in [-0.15, -0.1) is 0 Å². The summed E-state index contributed by atoms with van der Waals surface area (Å²) in [5.41, 5.74) is 6.80. The highest BCUT2D eigenvalue weighted by molar-refractivity contribution is 5.05. The number of nitrogens with two attached hydrogens (primary N) is 1. The second-order valence-electron chi connectivity index (χ2n) is 4.29. The summed E-state index contributed by atoms with van der Waals surface area (Å²) in [7, 11) is 0. The Hall–Kier alpha value is -0.960. The lowest BCUT2D eigenvalue weighted by atomic mass is 10.2. The van der Waals surface area contributed by atoms with Gasteiger partial charge in [0, 0.05) is 30.8 Å². The summed E-state index contributed by atoms with van der Waals surface area (Å²) in [5.74, 6) is 1.84. The predicted molar refractivity (Wildman–Crippen MR) is 55.8 cm³/mol. The number of rotatable bonds is 4. The Bertz CT molecular complexity index is 286. The van der Waals surface area contributed by atoms with Crippen LogP contribution in [0.2, 0.25) is 0 Å². The lowest BCUT2D eigenvalue weighted by molar-refractivity contribution is 0.699. The maximum atomic E-state index is 5.73. The van der Waals surface area contributed by atoms with Crippen LogP contribution in [0, 0.1) is 5.92 Å². The summed E-state index contributed by atoms with van der Waals surface area (Å²) in [4.78, 5) is 8.78. The van der Waals surface area contributed by atoms with Crippen LogP contribution < -0.4 is 5.73 Å². The van der Waals surface area contributed by atoms with Crippen LogP contribution in [0.4, 0.5) is 0 Å². The van der Waals surface area contributed by atoms with Crippen LogP contribution in [0.15, 0.2) is 12.3 Å². The molecule has 2 rings (SSSR count). The Morgan fingerprint density at radius 3 is 3.00 bits per heavy atom. The molecule has 3 heteroatoms. The molecule has 1 aromatic heterocycles. The molecule has 0 spiro atoms. The minimum Gasteiger partial charge on any atom is -0.328 e. The molecule has 0 aromatic carbocycles. The molecule has 1 fully saturated rings. The van der Waals surface area contributed by atoms with Crippen LogP contribution in [0.3, 0.4) is 0 Å². The van der Waals surface area contributed by atoms with Crippen molar-refractivity contribution in [2.45, 2.75) is 38.6 Å². The second-order valence-corrected chi connectivity index (χ2v) is 4.29. The van der Waals surface area contributed by atoms with Crippen LogP contribution >= 0.6 is 0 Å². The molecule has 0 radical (unpaired) electrons. The third kappa shape index (κ3) is 2.77. The van der Waals surface area contributed by atoms with Crippen molar-refractivity contribution in [2.24, 2.45) is 11.7 Å². The molecule has 1 unspecified atom stereocenters. The molecule has 1 saturated carbocycles. The van der Waals surface area contributed by atoms with Gasteiger partial charge in [-0.05, 0) is 31.7 Å². The SMILES string of the molecule is CC(N)Cc1ccnc(CC2CC2)n1. The van der Waals surface area contributed by atoms with Crippen molar-refractivity contribution in [3.63, 3.8) is 0 Å². The normalized spacial score (nSPS) is 18.1. The van der Waals surface area contributed by atoms with E-state index < -0.39 is 0 Å². The highest BCUT2D eigenvalue weighted by Crippen LogP contribution is 2.31. The van der Waals surface area contributed by atoms with Gasteiger partial charge < -0.3 is 5.73 Å². The van der Waals surface area contributed by atoms with Crippen molar-refractivity contribution in [3.05, 3.63) is 23.8 Å². The Morgan fingerprint density at radius 2 is 2.36 bits per heavy atom. The summed E-state index contributed by atoms with van der Waals surface area (Å²) < 4.78 is 0. The summed E-state index contributed by atoms with van der Waals surface area (Å²) in [6, 6.07) is 2.14. The average molecular weight is 191 g/mol. The molecule has 3 nitrogen and oxygen atoms in total. The number of nitrogens with zero attached hydrogens (tertiary/aromatic N) is 2. The van der Waals surface area contributed by atoms with Gasteiger partial charge >= 0.3 is 0 Å². The van der Waals surface area contributed by atoms with Crippen molar-refractivity contribution in [3.8, 4) is 0 Å². The Balaban J connectivity index is 2.01. The van der Waals surface area contributed by atoms with Crippen molar-refractivity contribution < 1.29 is 0 Å². The van der Waals surface area contributed by atoms with E-state index in [0.29, 0.717) is 0 Å². The van der Waals surface area contributed by atoms with E-state index in [1.807, 2.05) is 19.2 Å². The molecule has 1 aliphatic carbocycles. The first kappa shape index (κ1) is 9.59. The molecule has 14 heavy (non-hydrogen) atoms. The Kier molecular flexibility index (Phi) is 2.77. The molecular weight excluding hydrogens is 174 g/mol. The maximum Gasteiger partial charge on any atom is 0.128 e. The molecule has 0 bridgehead atoms. The quantitative estimate of drug-likeness (QED) is 0.781. The zero-order chi connectivity index (χ0) is 9.97. The number of aromatic nitrogens is 2. The van der Waals surface area contributed by atoms with E-state index in [-0.39, 0.29) is 6.04 Å². The molecule has 1 heterocycles. The predicted octanol–water partition coefficient (Wildman–Crippen LogP) is 1.32. The van der Waals surface area contributed by atoms with Crippen molar-refractivity contribution >= 4 is 0 Å². The monoisotopic (exact) mass is 191 g/mol. The fourth-order valence-corrected chi connectivity index (χ4v) is 1.56. The van der Waals surface area contributed by atoms with Gasteiger partial charge in [-0.1, -0.05) is 0 Å². The third-order valence-electron chi connectivity index (χ3n) is 2.46. The molecule has 0 aliphatic heterocycles. The van der Waals surface area contributed by atoms with Crippen LogP contribution in [-0.2, 0) is 12.8 Å². The van der Waals surface area contributed by atoms with E-state index in [0.717, 1.165) is 30.3 Å². The highest BCUT2D eigenvalue weighted by atomic mass is 14.9. The van der Waals surface area contributed by atoms with Gasteiger partial charge in [0.15, 0.2) is 0 Å². The molecule has 1 aromatic rings. The van der Waals surface area contributed by atoms with Gasteiger partial charge in [0.2, 0.25) is 0 Å². The van der Waals surface area contributed by atoms with E-state index in [9.17, 15) is 0 Å². The van der Waals surface area contributed by atoms with Crippen LogP contribution in [-0.4, -0.2) is 16.0 Å². The van der Waals surface area contributed by atoms with Crippen LogP contribution in [0.1, 0.15) is 31.3 Å². The molecule has 2 N–H and O–H groups in total. The van der Waals surface area contributed by atoms with Crippen molar-refractivity contribution in [1.82, 2.24) is 9.97 Å². The summed E-state index contributed by atoms with van der Waals surface area (Å²) in [6.45, 7) is 2.00. The average Bonchev–Trinajstić information content (AvgIpc) is 2.87. The zero-order valence-corrected chi connectivity index (χ0v) is 8.61. The van der Waals surface area contributed by atoms with Crippen LogP contribution in [0.25, 0.3) is 0 Å². The van der Waals surface area contributed by atoms with Gasteiger partial charge in [0.1, 0.15) is 5.82 Å². The lowest BCUT2D eigenvalue weighted by Crippen LogP contribution is -2.19. The molecule has 1 atom stereocenters. The molecular formula is C11H17N3. The van der Waals surface area contributed by atoms with E-state index >= 15 is 0 Å². The number of hydrogen-bond donors (Lipinski definition) is 1. The standard InChI is InChI=1S/C11H17N3/c1-8(12)6-10-4-5-13-11(14-10)7-9-2-3-9/h4-5,8-9H,2-3,6-7,12H2,1H3. The van der Waals surface area contributed by atoms with Crippen molar-refractivity contribution in [2.75, 3.05) is 0 Å². The third-order valence-corrected chi connectivity index (χ3v) is 2.46. The zero-order valence-electron chi connectivity index (χ0n) is 8.61. The van der Waals surface area contributed by atoms with Crippen molar-refractivity contribution in [1.29, 1.82) is 0 Å². The first-order valence-corrected chi connectivity index (χ1v) is 5.30. The van der Waals surface area contributed by atoms with Gasteiger partial charge in [-0.25, -0.2) is 9.97 Å². The summed E-state index contributed by atoms with van der Waals surface area (Å²) >= 11 is 0. The van der Waals surface area contributed by atoms with E-state index in [2.05, 4.69) is 9.97 Å². The Morgan fingerprint density at radius 1 is 1.57 bits per heavy atom. The lowest BCUT2D eigenvalue weighted by Gasteiger charge is -2.05. The minimum atomic E-state index is 0.179. The van der Waals surface area contributed by atoms with Gasteiger partial charge in [0.25, 0.3) is 0 Å². The van der Waals surface area contributed by atoms with Gasteiger partial charge in [-0.2, -0.15) is 0 Å². The topological polar surface area (TPSA) is 51.8 Å². The van der Waals surface area contributed by atoms with Crippen LogP contribution in [0.5, 0.6) is 0 Å². The Labute approximate surface area is 84.8 Å². The smallest absolute Gasteiger partial charge is 0.128 e. The molecule has 0 amide bonds. The molecule has 0 saturated heterocycles. The molecule has 76 valence electrons. The van der Waals surface area contributed by atoms with Gasteiger partial charge in [0.05, 0.1) is 0 Å². The number of hydrogen-bond acceptors (Lipinski definition) is 3. The first-order chi connectivity index (χ1) is 6.74. The minimum absolute atomic E-state index is 0.179. The fourth-order valence-electron chi connectivity index (χ4n) is 1.56. The summed E-state index contributed by atoms with van der Waals surface area (Å²) in [5, 5.41) is 0. The molecule has 1 aliphatic rings.